The molecule has 0 saturated carbocycles. The maximum atomic E-state index is 13.6. The Morgan fingerprint density at radius 2 is 1.07 bits per heavy atom. The van der Waals surface area contributed by atoms with Gasteiger partial charge in [0.15, 0.2) is 0 Å². The number of carbonyl (C=O) groups is 1. The van der Waals surface area contributed by atoms with Gasteiger partial charge in [-0.15, -0.1) is 0 Å². The number of ether oxygens (including phenoxy) is 1. The summed E-state index contributed by atoms with van der Waals surface area (Å²) in [6.07, 6.45) is 0.250. The van der Waals surface area contributed by atoms with Crippen molar-refractivity contribution in [3.05, 3.63) is 120 Å². The zero-order valence-corrected chi connectivity index (χ0v) is 24.6. The van der Waals surface area contributed by atoms with Crippen LogP contribution in [0.4, 0.5) is 0 Å². The zero-order valence-electron chi connectivity index (χ0n) is 21.3. The van der Waals surface area contributed by atoms with Gasteiger partial charge in [0, 0.05) is 5.30 Å². The number of benzene rings is 4. The van der Waals surface area contributed by atoms with Crippen LogP contribution in [0.2, 0.25) is 0 Å². The lowest BCUT2D eigenvalue weighted by Gasteiger charge is -2.20. The van der Waals surface area contributed by atoms with E-state index < -0.39 is 19.4 Å². The summed E-state index contributed by atoms with van der Waals surface area (Å²) < 4.78 is 40.8. The highest BCUT2D eigenvalue weighted by Gasteiger charge is 2.31. The number of halogens is 2. The first kappa shape index (κ1) is 32.6. The van der Waals surface area contributed by atoms with Crippen molar-refractivity contribution in [3.8, 4) is 11.5 Å². The third-order valence-corrected chi connectivity index (χ3v) is 8.78. The molecule has 0 saturated heterocycles. The zero-order chi connectivity index (χ0) is 29.6. The predicted molar refractivity (Wildman–Crippen MR) is 154 cm³/mol. The largest absolute Gasteiger partial charge is 0.465 e. The van der Waals surface area contributed by atoms with Gasteiger partial charge in [-0.1, -0.05) is 54.1 Å². The van der Waals surface area contributed by atoms with Crippen LogP contribution in [0.15, 0.2) is 109 Å². The van der Waals surface area contributed by atoms with Gasteiger partial charge in [0.25, 0.3) is 5.85 Å². The number of carbonyl (C=O) groups excluding carboxylic acids is 3. The smallest absolute Gasteiger partial charge is 0.462 e. The second-order valence-electron chi connectivity index (χ2n) is 7.73. The molecule has 40 heavy (non-hydrogen) atoms. The molecule has 12 heteroatoms. The number of hydrogen-bond donors (Lipinski definition) is 0. The molecule has 8 nitrogen and oxygen atoms in total. The monoisotopic (exact) mass is 620 g/mol. The van der Waals surface area contributed by atoms with Gasteiger partial charge in [0.1, 0.15) is 11.5 Å². The molecule has 0 aliphatic rings. The van der Waals surface area contributed by atoms with Crippen LogP contribution >= 0.6 is 35.9 Å². The fourth-order valence-corrected chi connectivity index (χ4v) is 5.76. The maximum Gasteiger partial charge on any atom is 0.462 e. The van der Waals surface area contributed by atoms with Crippen molar-refractivity contribution in [1.82, 2.24) is 0 Å². The first-order chi connectivity index (χ1) is 19.0. The normalized spacial score (nSPS) is 11.6. The van der Waals surface area contributed by atoms with Gasteiger partial charge < -0.3 is 13.8 Å². The van der Waals surface area contributed by atoms with Crippen LogP contribution in [0.1, 0.15) is 15.9 Å². The molecule has 0 aromatic heterocycles. The van der Waals surface area contributed by atoms with Crippen LogP contribution in [0.25, 0.3) is 0 Å². The third kappa shape index (κ3) is 10.5. The topological polar surface area (TPSA) is 113 Å². The van der Waals surface area contributed by atoms with Gasteiger partial charge in [-0.2, -0.15) is 9.59 Å². The van der Waals surface area contributed by atoms with Gasteiger partial charge in [0.05, 0.1) is 18.0 Å². The Bertz CT molecular complexity index is 1490. The van der Waals surface area contributed by atoms with Crippen molar-refractivity contribution >= 4 is 58.7 Å². The highest BCUT2D eigenvalue weighted by Crippen LogP contribution is 2.55. The highest BCUT2D eigenvalue weighted by atomic mass is 35.9. The van der Waals surface area contributed by atoms with E-state index in [1.165, 1.54) is 7.11 Å². The second-order valence-corrected chi connectivity index (χ2v) is 14.4. The lowest BCUT2D eigenvalue weighted by atomic mass is 10.2. The third-order valence-electron chi connectivity index (χ3n) is 4.88. The van der Waals surface area contributed by atoms with E-state index in [2.05, 4.69) is 4.74 Å². The summed E-state index contributed by atoms with van der Waals surface area (Å²) in [4.78, 5) is 27.8. The standard InChI is InChI=1S/C21H19O5P.C6H5Cl2OP.CO2/c1-16-8-12-18(13-9-16)25-27(23,20-6-4-3-5-7-20)26-19-14-10-17(11-15-19)21(22)24-2;7-10(8,9)6-4-2-1-3-5-6;2-1-3/h3-15H,1-2H3;1-5H;. The van der Waals surface area contributed by atoms with Crippen molar-refractivity contribution < 1.29 is 37.3 Å². The van der Waals surface area contributed by atoms with E-state index in [1.807, 2.05) is 31.2 Å². The van der Waals surface area contributed by atoms with Crippen molar-refractivity contribution in [2.75, 3.05) is 7.11 Å². The molecule has 4 rings (SSSR count). The molecule has 0 amide bonds. The molecule has 0 radical (unpaired) electrons. The van der Waals surface area contributed by atoms with E-state index >= 15 is 0 Å². The number of esters is 1. The van der Waals surface area contributed by atoms with E-state index in [9.17, 15) is 13.9 Å². The molecule has 4 aromatic carbocycles. The molecule has 0 fully saturated rings. The molecule has 0 aliphatic carbocycles. The second kappa shape index (κ2) is 15.8. The molecule has 1 atom stereocenters. The predicted octanol–water partition coefficient (Wildman–Crippen LogP) is 7.16. The number of hydrogen-bond acceptors (Lipinski definition) is 8. The summed E-state index contributed by atoms with van der Waals surface area (Å²) in [5.74, 6) is -2.76. The molecule has 0 N–H and O–H groups in total. The van der Waals surface area contributed by atoms with Gasteiger partial charge in [-0.25, -0.2) is 9.36 Å². The number of aryl methyl sites for hydroxylation is 1. The van der Waals surface area contributed by atoms with Crippen LogP contribution < -0.4 is 19.7 Å². The average Bonchev–Trinajstić information content (AvgIpc) is 2.95. The molecular weight excluding hydrogens is 597 g/mol. The minimum Gasteiger partial charge on any atom is -0.465 e. The molecule has 0 bridgehead atoms. The Morgan fingerprint density at radius 1 is 0.675 bits per heavy atom. The SMILES string of the molecule is COC(=O)c1ccc(OP(=O)(Oc2ccc(C)cc2)c2ccccc2)cc1.O=C=O.O=P(Cl)(Cl)c1ccccc1. The van der Waals surface area contributed by atoms with E-state index in [1.54, 1.807) is 84.9 Å². The van der Waals surface area contributed by atoms with E-state index in [0.29, 0.717) is 27.7 Å². The van der Waals surface area contributed by atoms with Gasteiger partial charge in [-0.3, -0.25) is 4.57 Å². The van der Waals surface area contributed by atoms with Crippen LogP contribution in [-0.2, 0) is 23.5 Å². The molecule has 1 unspecified atom stereocenters. The van der Waals surface area contributed by atoms with Crippen molar-refractivity contribution in [2.45, 2.75) is 6.92 Å². The number of methoxy groups -OCH3 is 1. The van der Waals surface area contributed by atoms with Crippen LogP contribution in [0, 0.1) is 6.92 Å². The first-order valence-electron chi connectivity index (χ1n) is 11.4. The van der Waals surface area contributed by atoms with Crippen molar-refractivity contribution in [2.24, 2.45) is 0 Å². The summed E-state index contributed by atoms with van der Waals surface area (Å²) in [7, 11) is -2.38. The van der Waals surface area contributed by atoms with Gasteiger partial charge in [-0.05, 0) is 90.1 Å². The average molecular weight is 621 g/mol. The molecule has 208 valence electrons. The van der Waals surface area contributed by atoms with E-state index in [4.69, 9.17) is 41.1 Å². The number of rotatable bonds is 7. The molecule has 0 heterocycles. The summed E-state index contributed by atoms with van der Waals surface area (Å²) in [5.41, 5.74) is 1.44. The minimum absolute atomic E-state index is 0.250. The van der Waals surface area contributed by atoms with Gasteiger partial charge >= 0.3 is 19.7 Å². The molecular formula is C28H24Cl2O8P2. The van der Waals surface area contributed by atoms with Crippen molar-refractivity contribution in [3.63, 3.8) is 0 Å². The first-order valence-corrected chi connectivity index (χ1v) is 16.4. The molecule has 0 spiro atoms. The van der Waals surface area contributed by atoms with Crippen LogP contribution in [0.3, 0.4) is 0 Å². The Kier molecular flexibility index (Phi) is 12.9. The molecule has 0 aliphatic heterocycles. The summed E-state index contributed by atoms with van der Waals surface area (Å²) in [6, 6.07) is 30.8. The lowest BCUT2D eigenvalue weighted by molar-refractivity contribution is -0.191. The minimum atomic E-state index is -3.69. The maximum absolute atomic E-state index is 13.6. The fraction of sp³-hybridized carbons (Fsp3) is 0.0714. The fourth-order valence-electron chi connectivity index (χ4n) is 2.98. The lowest BCUT2D eigenvalue weighted by Crippen LogP contribution is -2.14. The van der Waals surface area contributed by atoms with E-state index in [-0.39, 0.29) is 6.15 Å². The van der Waals surface area contributed by atoms with Crippen LogP contribution in [0.5, 0.6) is 11.5 Å². The summed E-state index contributed by atoms with van der Waals surface area (Å²) in [5, 5.41) is 0.918. The highest BCUT2D eigenvalue weighted by molar-refractivity contribution is 8.13. The van der Waals surface area contributed by atoms with Crippen LogP contribution in [-0.4, -0.2) is 19.2 Å². The Hall–Kier alpha value is -3.63. The molecule has 4 aromatic rings. The van der Waals surface area contributed by atoms with E-state index in [0.717, 1.165) is 5.56 Å². The Balaban J connectivity index is 0.000000358. The summed E-state index contributed by atoms with van der Waals surface area (Å²) >= 11 is 10.8. The summed E-state index contributed by atoms with van der Waals surface area (Å²) in [6.45, 7) is 1.96. The Labute approximate surface area is 241 Å². The quantitative estimate of drug-likeness (QED) is 0.158. The van der Waals surface area contributed by atoms with Crippen molar-refractivity contribution in [1.29, 1.82) is 0 Å². The van der Waals surface area contributed by atoms with Gasteiger partial charge in [0.2, 0.25) is 0 Å². The Morgan fingerprint density at radius 3 is 1.45 bits per heavy atom.